The summed E-state index contributed by atoms with van der Waals surface area (Å²) in [5, 5.41) is 8.78. The van der Waals surface area contributed by atoms with Gasteiger partial charge in [0.05, 0.1) is 18.9 Å². The van der Waals surface area contributed by atoms with Crippen LogP contribution < -0.4 is 5.32 Å². The highest BCUT2D eigenvalue weighted by Gasteiger charge is 2.24. The lowest BCUT2D eigenvalue weighted by atomic mass is 9.99. The molecule has 3 rings (SSSR count). The number of hydrogen-bond donors (Lipinski definition) is 1. The monoisotopic (exact) mass is 401 g/mol. The lowest BCUT2D eigenvalue weighted by molar-refractivity contribution is -0.121. The van der Waals surface area contributed by atoms with Gasteiger partial charge in [-0.15, -0.1) is 0 Å². The van der Waals surface area contributed by atoms with Gasteiger partial charge in [-0.05, 0) is 44.2 Å². The molecule has 1 aliphatic rings. The third kappa shape index (κ3) is 4.78. The van der Waals surface area contributed by atoms with E-state index in [0.717, 1.165) is 54.3 Å². The van der Waals surface area contributed by atoms with Crippen LogP contribution in [0.15, 0.2) is 0 Å². The molecule has 1 saturated heterocycles. The van der Waals surface area contributed by atoms with E-state index in [1.165, 1.54) is 5.56 Å². The van der Waals surface area contributed by atoms with Crippen LogP contribution in [0.3, 0.4) is 0 Å². The number of rotatable bonds is 7. The van der Waals surface area contributed by atoms with Crippen LogP contribution in [0.2, 0.25) is 0 Å². The van der Waals surface area contributed by atoms with Crippen molar-refractivity contribution in [3.05, 3.63) is 22.5 Å². The molecule has 1 amide bonds. The lowest BCUT2D eigenvalue weighted by Gasteiger charge is -2.36. The van der Waals surface area contributed by atoms with Crippen molar-refractivity contribution in [2.45, 2.75) is 53.5 Å². The van der Waals surface area contributed by atoms with E-state index >= 15 is 0 Å². The molecule has 0 aliphatic carbocycles. The second kappa shape index (κ2) is 9.22. The zero-order valence-corrected chi connectivity index (χ0v) is 18.7. The second-order valence-electron chi connectivity index (χ2n) is 8.47. The summed E-state index contributed by atoms with van der Waals surface area (Å²) in [4.78, 5) is 19.8. The van der Waals surface area contributed by atoms with E-state index in [1.54, 1.807) is 0 Å². The van der Waals surface area contributed by atoms with Crippen molar-refractivity contribution in [1.82, 2.24) is 25.0 Å². The number of morpholine rings is 1. The molecule has 3 heterocycles. The number of ether oxygens (including phenoxy) is 1. The van der Waals surface area contributed by atoms with E-state index in [1.807, 2.05) is 25.6 Å². The number of carbonyl (C=O) groups excluding carboxylic acids is 1. The Kier molecular flexibility index (Phi) is 6.90. The highest BCUT2D eigenvalue weighted by atomic mass is 16.5. The molecule has 0 aromatic carbocycles. The largest absolute Gasteiger partial charge is 0.379 e. The van der Waals surface area contributed by atoms with Crippen molar-refractivity contribution in [3.63, 3.8) is 0 Å². The van der Waals surface area contributed by atoms with E-state index < -0.39 is 0 Å². The molecule has 1 atom stereocenters. The Bertz CT molecular complexity index is 868. The molecule has 0 saturated carbocycles. The van der Waals surface area contributed by atoms with Gasteiger partial charge in [0.1, 0.15) is 0 Å². The van der Waals surface area contributed by atoms with Crippen molar-refractivity contribution in [2.75, 3.05) is 32.8 Å². The first-order valence-electron chi connectivity index (χ1n) is 10.7. The summed E-state index contributed by atoms with van der Waals surface area (Å²) in [7, 11) is 1.92. The van der Waals surface area contributed by atoms with Crippen molar-refractivity contribution < 1.29 is 9.53 Å². The van der Waals surface area contributed by atoms with Crippen molar-refractivity contribution in [1.29, 1.82) is 0 Å². The van der Waals surface area contributed by atoms with Crippen LogP contribution in [-0.2, 0) is 23.0 Å². The van der Waals surface area contributed by atoms with E-state index in [-0.39, 0.29) is 5.91 Å². The molecule has 1 N–H and O–H groups in total. The lowest BCUT2D eigenvalue weighted by Crippen LogP contribution is -2.51. The predicted octanol–water partition coefficient (Wildman–Crippen LogP) is 2.30. The molecular formula is C22H35N5O2. The first kappa shape index (κ1) is 21.7. The van der Waals surface area contributed by atoms with Crippen LogP contribution in [-0.4, -0.2) is 64.5 Å². The second-order valence-corrected chi connectivity index (χ2v) is 8.47. The summed E-state index contributed by atoms with van der Waals surface area (Å²) in [5.74, 6) is 0.587. The Morgan fingerprint density at radius 3 is 2.52 bits per heavy atom. The fourth-order valence-corrected chi connectivity index (χ4v) is 4.47. The number of fused-ring (bicyclic) bond motifs is 1. The molecule has 160 valence electrons. The highest BCUT2D eigenvalue weighted by molar-refractivity contribution is 5.84. The van der Waals surface area contributed by atoms with Gasteiger partial charge in [-0.1, -0.05) is 13.8 Å². The van der Waals surface area contributed by atoms with Gasteiger partial charge >= 0.3 is 0 Å². The molecular weight excluding hydrogens is 366 g/mol. The summed E-state index contributed by atoms with van der Waals surface area (Å²) in [5.41, 5.74) is 5.25. The van der Waals surface area contributed by atoms with Crippen LogP contribution in [0.4, 0.5) is 0 Å². The summed E-state index contributed by atoms with van der Waals surface area (Å²) < 4.78 is 7.30. The van der Waals surface area contributed by atoms with Crippen molar-refractivity contribution in [2.24, 2.45) is 13.0 Å². The van der Waals surface area contributed by atoms with Crippen LogP contribution >= 0.6 is 0 Å². The van der Waals surface area contributed by atoms with Gasteiger partial charge in [0.15, 0.2) is 5.65 Å². The van der Waals surface area contributed by atoms with Crippen molar-refractivity contribution >= 4 is 16.9 Å². The first-order chi connectivity index (χ1) is 13.8. The molecule has 1 unspecified atom stereocenters. The van der Waals surface area contributed by atoms with Gasteiger partial charge in [-0.25, -0.2) is 4.98 Å². The Labute approximate surface area is 173 Å². The normalized spacial score (nSPS) is 16.5. The van der Waals surface area contributed by atoms with Crippen molar-refractivity contribution in [3.8, 4) is 0 Å². The molecule has 7 nitrogen and oxygen atoms in total. The molecule has 2 aromatic heterocycles. The van der Waals surface area contributed by atoms with Crippen LogP contribution in [0.5, 0.6) is 0 Å². The van der Waals surface area contributed by atoms with Crippen LogP contribution in [0.1, 0.15) is 42.8 Å². The maximum Gasteiger partial charge on any atom is 0.220 e. The average Bonchev–Trinajstić information content (AvgIpc) is 2.95. The minimum absolute atomic E-state index is 0.103. The number of nitrogens with zero attached hydrogens (tertiary/aromatic N) is 4. The van der Waals surface area contributed by atoms with Crippen LogP contribution in [0, 0.1) is 26.7 Å². The molecule has 2 aromatic rings. The van der Waals surface area contributed by atoms with Gasteiger partial charge < -0.3 is 10.1 Å². The fraction of sp³-hybridized carbons (Fsp3) is 0.682. The topological polar surface area (TPSA) is 72.3 Å². The van der Waals surface area contributed by atoms with E-state index in [9.17, 15) is 4.79 Å². The van der Waals surface area contributed by atoms with Gasteiger partial charge in [-0.2, -0.15) is 5.10 Å². The third-order valence-electron chi connectivity index (χ3n) is 6.12. The van der Waals surface area contributed by atoms with Gasteiger partial charge in [-0.3, -0.25) is 14.4 Å². The molecule has 0 spiro atoms. The Hall–Kier alpha value is -1.99. The number of aryl methyl sites for hydroxylation is 4. The molecule has 0 bridgehead atoms. The standard InChI is InChI=1S/C22H35N5O2/c1-14(2)19(27-9-11-29-12-10-27)13-23-20(28)8-7-18-15(3)21-17(5)25-26(6)22(21)24-16(18)4/h14,19H,7-13H2,1-6H3,(H,23,28). The zero-order chi connectivity index (χ0) is 21.1. The number of amides is 1. The minimum Gasteiger partial charge on any atom is -0.379 e. The molecule has 1 fully saturated rings. The quantitative estimate of drug-likeness (QED) is 0.771. The van der Waals surface area contributed by atoms with Gasteiger partial charge in [0.2, 0.25) is 5.91 Å². The first-order valence-corrected chi connectivity index (χ1v) is 10.7. The fourth-order valence-electron chi connectivity index (χ4n) is 4.47. The van der Waals surface area contributed by atoms with Gasteiger partial charge in [0.25, 0.3) is 0 Å². The molecule has 0 radical (unpaired) electrons. The highest BCUT2D eigenvalue weighted by Crippen LogP contribution is 2.26. The summed E-state index contributed by atoms with van der Waals surface area (Å²) >= 11 is 0. The SMILES string of the molecule is Cc1nc2c(c(C)nn2C)c(C)c1CCC(=O)NCC(C(C)C)N1CCOCC1. The third-order valence-corrected chi connectivity index (χ3v) is 6.12. The maximum atomic E-state index is 12.6. The molecule has 1 aliphatic heterocycles. The minimum atomic E-state index is 0.103. The number of aromatic nitrogens is 3. The summed E-state index contributed by atoms with van der Waals surface area (Å²) in [6.45, 7) is 14.7. The van der Waals surface area contributed by atoms with Gasteiger partial charge in [0, 0.05) is 50.2 Å². The van der Waals surface area contributed by atoms with E-state index in [4.69, 9.17) is 9.72 Å². The average molecular weight is 402 g/mol. The number of nitrogens with one attached hydrogen (secondary N) is 1. The Morgan fingerprint density at radius 2 is 1.86 bits per heavy atom. The smallest absolute Gasteiger partial charge is 0.220 e. The Balaban J connectivity index is 1.62. The molecule has 7 heteroatoms. The predicted molar refractivity (Wildman–Crippen MR) is 115 cm³/mol. The van der Waals surface area contributed by atoms with Crippen LogP contribution in [0.25, 0.3) is 11.0 Å². The van der Waals surface area contributed by atoms with E-state index in [0.29, 0.717) is 31.3 Å². The number of carbonyl (C=O) groups is 1. The number of hydrogen-bond acceptors (Lipinski definition) is 5. The maximum absolute atomic E-state index is 12.6. The summed E-state index contributed by atoms with van der Waals surface area (Å²) in [6.07, 6.45) is 1.17. The zero-order valence-electron chi connectivity index (χ0n) is 18.7. The summed E-state index contributed by atoms with van der Waals surface area (Å²) in [6, 6.07) is 0.349. The number of pyridine rings is 1. The van der Waals surface area contributed by atoms with E-state index in [2.05, 4.69) is 36.1 Å². The molecule has 29 heavy (non-hydrogen) atoms. The Morgan fingerprint density at radius 1 is 1.17 bits per heavy atom.